The van der Waals surface area contributed by atoms with Gasteiger partial charge in [0.15, 0.2) is 0 Å². The molecule has 0 aromatic heterocycles. The maximum Gasteiger partial charge on any atom is 0.411 e. The highest BCUT2D eigenvalue weighted by Gasteiger charge is 2.70. The van der Waals surface area contributed by atoms with Crippen molar-refractivity contribution in [2.45, 2.75) is 104 Å². The minimum atomic E-state index is -4.73. The number of Topliss-reactive ketones (excluding diaryl/α,β-unsaturated/α-hetero) is 1. The number of carbonyl (C=O) groups is 5. The van der Waals surface area contributed by atoms with E-state index in [0.29, 0.717) is 0 Å². The van der Waals surface area contributed by atoms with E-state index < -0.39 is 64.8 Å². The van der Waals surface area contributed by atoms with Crippen molar-refractivity contribution in [1.82, 2.24) is 20.9 Å². The van der Waals surface area contributed by atoms with Crippen LogP contribution in [0, 0.1) is 28.6 Å². The summed E-state index contributed by atoms with van der Waals surface area (Å²) in [5.41, 5.74) is 1.50. The number of primary amides is 1. The van der Waals surface area contributed by atoms with Gasteiger partial charge in [-0.1, -0.05) is 53.9 Å². The van der Waals surface area contributed by atoms with E-state index in [9.17, 15) is 37.1 Å². The fourth-order valence-corrected chi connectivity index (χ4v) is 5.87. The van der Waals surface area contributed by atoms with Crippen LogP contribution in [-0.4, -0.2) is 70.8 Å². The monoisotopic (exact) mass is 573 g/mol. The SMILES string of the molecule is CC(C)(C)[C@H](NC(=O)NC(C)(C)C(F)(F)F)C(=O)N1CC2[C@@H]([C@H]1C(=O)NC(CC1CCC1)C(=O)C(N)=O)C2(C)C. The van der Waals surface area contributed by atoms with Crippen LogP contribution < -0.4 is 21.7 Å². The molecule has 226 valence electrons. The Bertz CT molecular complexity index is 1060. The van der Waals surface area contributed by atoms with E-state index in [-0.39, 0.29) is 36.1 Å². The fraction of sp³-hybridized carbons (Fsp3) is 0.815. The van der Waals surface area contributed by atoms with Crippen LogP contribution in [-0.2, 0) is 19.2 Å². The number of fused-ring (bicyclic) bond motifs is 1. The van der Waals surface area contributed by atoms with E-state index in [1.807, 2.05) is 19.2 Å². The zero-order chi connectivity index (χ0) is 30.6. The molecule has 2 saturated carbocycles. The predicted molar refractivity (Wildman–Crippen MR) is 139 cm³/mol. The number of amides is 5. The van der Waals surface area contributed by atoms with E-state index in [1.54, 1.807) is 20.8 Å². The van der Waals surface area contributed by atoms with Gasteiger partial charge in [-0.2, -0.15) is 13.2 Å². The average molecular weight is 574 g/mol. The van der Waals surface area contributed by atoms with Crippen LogP contribution in [0.5, 0.6) is 0 Å². The summed E-state index contributed by atoms with van der Waals surface area (Å²) < 4.78 is 40.0. The highest BCUT2D eigenvalue weighted by Crippen LogP contribution is 2.65. The Labute approximate surface area is 232 Å². The van der Waals surface area contributed by atoms with Crippen LogP contribution in [0.3, 0.4) is 0 Å². The molecule has 2 unspecified atom stereocenters. The summed E-state index contributed by atoms with van der Waals surface area (Å²) >= 11 is 0. The average Bonchev–Trinajstić information content (AvgIpc) is 3.10. The van der Waals surface area contributed by atoms with Crippen molar-refractivity contribution in [3.63, 3.8) is 0 Å². The fourth-order valence-electron chi connectivity index (χ4n) is 5.87. The van der Waals surface area contributed by atoms with Gasteiger partial charge < -0.3 is 26.6 Å². The number of hydrogen-bond donors (Lipinski definition) is 4. The summed E-state index contributed by atoms with van der Waals surface area (Å²) in [6, 6.07) is -4.53. The number of halogens is 3. The number of carbonyl (C=O) groups excluding carboxylic acids is 5. The summed E-state index contributed by atoms with van der Waals surface area (Å²) in [6.07, 6.45) is -1.72. The third-order valence-corrected chi connectivity index (χ3v) is 8.95. The third-order valence-electron chi connectivity index (χ3n) is 8.95. The minimum Gasteiger partial charge on any atom is -0.363 e. The van der Waals surface area contributed by atoms with E-state index in [4.69, 9.17) is 5.73 Å². The number of nitrogens with two attached hydrogens (primary N) is 1. The van der Waals surface area contributed by atoms with E-state index in [1.165, 1.54) is 4.90 Å². The van der Waals surface area contributed by atoms with Crippen LogP contribution in [0.15, 0.2) is 0 Å². The second-order valence-corrected chi connectivity index (χ2v) is 13.7. The molecule has 3 aliphatic rings. The van der Waals surface area contributed by atoms with Gasteiger partial charge in [-0.3, -0.25) is 19.2 Å². The van der Waals surface area contributed by atoms with Crippen molar-refractivity contribution in [2.24, 2.45) is 34.3 Å². The van der Waals surface area contributed by atoms with Crippen molar-refractivity contribution in [2.75, 3.05) is 6.54 Å². The number of nitrogens with zero attached hydrogens (tertiary/aromatic N) is 1. The molecular formula is C27H42F3N5O5. The van der Waals surface area contributed by atoms with Crippen molar-refractivity contribution in [1.29, 1.82) is 0 Å². The van der Waals surface area contributed by atoms with Gasteiger partial charge in [0.25, 0.3) is 5.91 Å². The maximum absolute atomic E-state index is 13.9. The molecule has 5 N–H and O–H groups in total. The lowest BCUT2D eigenvalue weighted by Crippen LogP contribution is -2.64. The summed E-state index contributed by atoms with van der Waals surface area (Å²) in [5, 5.41) is 6.96. The molecule has 10 nitrogen and oxygen atoms in total. The molecular weight excluding hydrogens is 531 g/mol. The topological polar surface area (TPSA) is 151 Å². The second kappa shape index (κ2) is 10.5. The Hall–Kier alpha value is -2.86. The van der Waals surface area contributed by atoms with Gasteiger partial charge in [-0.05, 0) is 48.9 Å². The second-order valence-electron chi connectivity index (χ2n) is 13.7. The van der Waals surface area contributed by atoms with E-state index in [0.717, 1.165) is 33.1 Å². The molecule has 0 spiro atoms. The number of rotatable bonds is 9. The number of piperidine rings is 1. The Morgan fingerprint density at radius 3 is 2.02 bits per heavy atom. The molecule has 1 heterocycles. The Balaban J connectivity index is 1.83. The summed E-state index contributed by atoms with van der Waals surface area (Å²) in [4.78, 5) is 65.8. The van der Waals surface area contributed by atoms with Crippen LogP contribution in [0.4, 0.5) is 18.0 Å². The Morgan fingerprint density at radius 2 is 1.57 bits per heavy atom. The Morgan fingerprint density at radius 1 is 1.00 bits per heavy atom. The lowest BCUT2D eigenvalue weighted by Gasteiger charge is -2.38. The Kier molecular flexibility index (Phi) is 8.33. The molecule has 3 fully saturated rings. The van der Waals surface area contributed by atoms with Crippen molar-refractivity contribution >= 4 is 29.5 Å². The predicted octanol–water partition coefficient (Wildman–Crippen LogP) is 2.25. The van der Waals surface area contributed by atoms with Gasteiger partial charge in [0.05, 0.1) is 6.04 Å². The molecule has 1 aliphatic heterocycles. The van der Waals surface area contributed by atoms with Crippen molar-refractivity contribution in [3.05, 3.63) is 0 Å². The number of urea groups is 1. The van der Waals surface area contributed by atoms with Crippen LogP contribution >= 0.6 is 0 Å². The van der Waals surface area contributed by atoms with Crippen LogP contribution in [0.2, 0.25) is 0 Å². The smallest absolute Gasteiger partial charge is 0.363 e. The highest BCUT2D eigenvalue weighted by atomic mass is 19.4. The first-order valence-electron chi connectivity index (χ1n) is 13.7. The largest absolute Gasteiger partial charge is 0.411 e. The van der Waals surface area contributed by atoms with Gasteiger partial charge in [0.2, 0.25) is 17.6 Å². The molecule has 2 aliphatic carbocycles. The molecule has 1 saturated heterocycles. The number of likely N-dealkylation sites (tertiary alicyclic amines) is 1. The molecule has 5 atom stereocenters. The third kappa shape index (κ3) is 6.22. The first-order valence-corrected chi connectivity index (χ1v) is 13.7. The van der Waals surface area contributed by atoms with Gasteiger partial charge >= 0.3 is 12.2 Å². The zero-order valence-corrected chi connectivity index (χ0v) is 24.2. The molecule has 13 heteroatoms. The summed E-state index contributed by atoms with van der Waals surface area (Å²) in [5.74, 6) is -3.35. The standard InChI is InChI=1S/C27H42F3N5O5/c1-24(2,3)19(33-23(40)34-26(6,7)27(28,29)30)22(39)35-12-14-16(25(14,4)5)17(35)21(38)32-15(18(36)20(31)37)11-13-9-8-10-13/h13-17,19H,8-12H2,1-7H3,(H2,31,37)(H,32,38)(H2,33,34,40)/t14?,15?,16-,17-,19+/m0/s1. The molecule has 0 bridgehead atoms. The lowest BCUT2D eigenvalue weighted by atomic mass is 9.80. The number of ketones is 1. The highest BCUT2D eigenvalue weighted by molar-refractivity contribution is 6.37. The van der Waals surface area contributed by atoms with Crippen LogP contribution in [0.1, 0.15) is 74.1 Å². The van der Waals surface area contributed by atoms with Gasteiger partial charge in [-0.15, -0.1) is 0 Å². The first kappa shape index (κ1) is 31.7. The van der Waals surface area contributed by atoms with Crippen molar-refractivity contribution < 1.29 is 37.1 Å². The van der Waals surface area contributed by atoms with Crippen LogP contribution in [0.25, 0.3) is 0 Å². The summed E-state index contributed by atoms with van der Waals surface area (Å²) in [6.45, 7) is 10.7. The molecule has 40 heavy (non-hydrogen) atoms. The van der Waals surface area contributed by atoms with Gasteiger partial charge in [-0.25, -0.2) is 4.79 Å². The van der Waals surface area contributed by atoms with E-state index in [2.05, 4.69) is 10.6 Å². The number of hydrogen-bond acceptors (Lipinski definition) is 5. The van der Waals surface area contributed by atoms with Gasteiger partial charge in [0, 0.05) is 6.54 Å². The molecule has 0 radical (unpaired) electrons. The summed E-state index contributed by atoms with van der Waals surface area (Å²) in [7, 11) is 0. The number of nitrogens with one attached hydrogen (secondary N) is 3. The van der Waals surface area contributed by atoms with Crippen molar-refractivity contribution in [3.8, 4) is 0 Å². The molecule has 3 rings (SSSR count). The van der Waals surface area contributed by atoms with E-state index >= 15 is 0 Å². The molecule has 5 amide bonds. The molecule has 0 aromatic rings. The van der Waals surface area contributed by atoms with Gasteiger partial charge in [0.1, 0.15) is 17.6 Å². The quantitative estimate of drug-likeness (QED) is 0.312. The zero-order valence-electron chi connectivity index (χ0n) is 24.2. The normalized spacial score (nSPS) is 25.6. The lowest BCUT2D eigenvalue weighted by molar-refractivity contribution is -0.182. The minimum absolute atomic E-state index is 0.0252. The number of alkyl halides is 3. The first-order chi connectivity index (χ1) is 18.1. The maximum atomic E-state index is 13.9. The molecule has 0 aromatic carbocycles.